The predicted octanol–water partition coefficient (Wildman–Crippen LogP) is 2.75. The maximum Gasteiger partial charge on any atom is 0.326 e. The number of hydrogen-bond donors (Lipinski definition) is 1. The number of ether oxygens (including phenoxy) is 1. The lowest BCUT2D eigenvalue weighted by Crippen LogP contribution is -2.38. The molecule has 2 rings (SSSR count). The van der Waals surface area contributed by atoms with Crippen LogP contribution in [0, 0.1) is 5.82 Å². The first-order valence-corrected chi connectivity index (χ1v) is 8.48. The summed E-state index contributed by atoms with van der Waals surface area (Å²) in [4.78, 5) is 37.4. The number of anilines is 1. The van der Waals surface area contributed by atoms with Gasteiger partial charge in [-0.2, -0.15) is 0 Å². The molecule has 1 aromatic carbocycles. The second-order valence-corrected chi connectivity index (χ2v) is 6.28. The SMILES string of the molecule is C[C@H](OC(=O)CN1CCCCCC1=O)C(=O)Nc1ccc(F)cc1Cl. The predicted molar refractivity (Wildman–Crippen MR) is 90.6 cm³/mol. The highest BCUT2D eigenvalue weighted by Gasteiger charge is 2.23. The lowest BCUT2D eigenvalue weighted by molar-refractivity contribution is -0.156. The van der Waals surface area contributed by atoms with E-state index in [1.165, 1.54) is 17.9 Å². The molecule has 1 atom stereocenters. The van der Waals surface area contributed by atoms with Crippen LogP contribution in [-0.2, 0) is 19.1 Å². The Morgan fingerprint density at radius 3 is 2.84 bits per heavy atom. The molecule has 25 heavy (non-hydrogen) atoms. The molecule has 2 amide bonds. The fourth-order valence-electron chi connectivity index (χ4n) is 2.47. The smallest absolute Gasteiger partial charge is 0.326 e. The van der Waals surface area contributed by atoms with Crippen molar-refractivity contribution in [2.75, 3.05) is 18.4 Å². The van der Waals surface area contributed by atoms with Gasteiger partial charge in [-0.15, -0.1) is 0 Å². The van der Waals surface area contributed by atoms with Crippen molar-refractivity contribution in [2.24, 2.45) is 0 Å². The molecule has 1 aliphatic heterocycles. The fraction of sp³-hybridized carbons (Fsp3) is 0.471. The molecule has 1 saturated heterocycles. The standard InChI is InChI=1S/C17H20ClFN2O4/c1-11(17(24)20-14-7-6-12(19)9-13(14)18)25-16(23)10-21-8-4-2-3-5-15(21)22/h6-7,9,11H,2-5,8,10H2,1H3,(H,20,24)/t11-/m0/s1. The minimum absolute atomic E-state index is 0.0436. The molecule has 0 radical (unpaired) electrons. The number of rotatable bonds is 5. The minimum Gasteiger partial charge on any atom is -0.451 e. The topological polar surface area (TPSA) is 75.7 Å². The van der Waals surface area contributed by atoms with Crippen molar-refractivity contribution >= 4 is 35.1 Å². The second-order valence-electron chi connectivity index (χ2n) is 5.87. The van der Waals surface area contributed by atoms with Gasteiger partial charge in [0.25, 0.3) is 5.91 Å². The first-order valence-electron chi connectivity index (χ1n) is 8.10. The molecule has 1 heterocycles. The van der Waals surface area contributed by atoms with E-state index in [9.17, 15) is 18.8 Å². The van der Waals surface area contributed by atoms with Gasteiger partial charge in [-0.1, -0.05) is 18.0 Å². The number of carbonyl (C=O) groups excluding carboxylic acids is 3. The summed E-state index contributed by atoms with van der Waals surface area (Å²) in [5.41, 5.74) is 0.221. The van der Waals surface area contributed by atoms with E-state index < -0.39 is 23.8 Å². The summed E-state index contributed by atoms with van der Waals surface area (Å²) in [7, 11) is 0. The summed E-state index contributed by atoms with van der Waals surface area (Å²) in [5.74, 6) is -1.85. The van der Waals surface area contributed by atoms with Crippen molar-refractivity contribution in [3.63, 3.8) is 0 Å². The van der Waals surface area contributed by atoms with E-state index in [0.29, 0.717) is 13.0 Å². The van der Waals surface area contributed by atoms with Crippen LogP contribution < -0.4 is 5.32 Å². The zero-order valence-corrected chi connectivity index (χ0v) is 14.6. The lowest BCUT2D eigenvalue weighted by Gasteiger charge is -2.21. The number of likely N-dealkylation sites (tertiary alicyclic amines) is 1. The average Bonchev–Trinajstić information content (AvgIpc) is 2.74. The van der Waals surface area contributed by atoms with Crippen molar-refractivity contribution in [3.05, 3.63) is 29.0 Å². The summed E-state index contributed by atoms with van der Waals surface area (Å²) in [6, 6.07) is 3.54. The van der Waals surface area contributed by atoms with Crippen LogP contribution in [-0.4, -0.2) is 41.9 Å². The van der Waals surface area contributed by atoms with Gasteiger partial charge in [-0.3, -0.25) is 14.4 Å². The molecule has 6 nitrogen and oxygen atoms in total. The molecule has 1 N–H and O–H groups in total. The van der Waals surface area contributed by atoms with Crippen molar-refractivity contribution in [1.29, 1.82) is 0 Å². The van der Waals surface area contributed by atoms with Crippen LogP contribution in [0.5, 0.6) is 0 Å². The molecule has 0 aliphatic carbocycles. The van der Waals surface area contributed by atoms with Crippen molar-refractivity contribution in [3.8, 4) is 0 Å². The van der Waals surface area contributed by atoms with Gasteiger partial charge < -0.3 is 15.0 Å². The zero-order chi connectivity index (χ0) is 18.4. The maximum atomic E-state index is 13.0. The Labute approximate surface area is 150 Å². The third-order valence-corrected chi connectivity index (χ3v) is 4.17. The quantitative estimate of drug-likeness (QED) is 0.808. The summed E-state index contributed by atoms with van der Waals surface area (Å²) in [6.07, 6.45) is 1.97. The van der Waals surface area contributed by atoms with E-state index in [1.54, 1.807) is 0 Å². The van der Waals surface area contributed by atoms with E-state index in [-0.39, 0.29) is 23.2 Å². The van der Waals surface area contributed by atoms with Crippen LogP contribution in [0.3, 0.4) is 0 Å². The number of amides is 2. The third kappa shape index (κ3) is 5.70. The number of nitrogens with one attached hydrogen (secondary N) is 1. The van der Waals surface area contributed by atoms with E-state index >= 15 is 0 Å². The third-order valence-electron chi connectivity index (χ3n) is 3.86. The molecule has 1 fully saturated rings. The number of nitrogens with zero attached hydrogens (tertiary/aromatic N) is 1. The number of halogens is 2. The van der Waals surface area contributed by atoms with Crippen LogP contribution in [0.1, 0.15) is 32.6 Å². The Kier molecular flexibility index (Phi) is 6.75. The molecule has 0 spiro atoms. The number of esters is 1. The van der Waals surface area contributed by atoms with Gasteiger partial charge in [0, 0.05) is 13.0 Å². The molecular weight excluding hydrogens is 351 g/mol. The van der Waals surface area contributed by atoms with Gasteiger partial charge in [0.2, 0.25) is 5.91 Å². The highest BCUT2D eigenvalue weighted by molar-refractivity contribution is 6.33. The Morgan fingerprint density at radius 1 is 1.36 bits per heavy atom. The largest absolute Gasteiger partial charge is 0.451 e. The highest BCUT2D eigenvalue weighted by Crippen LogP contribution is 2.22. The summed E-state index contributed by atoms with van der Waals surface area (Å²) in [5, 5.41) is 2.51. The normalized spacial score (nSPS) is 16.1. The fourth-order valence-corrected chi connectivity index (χ4v) is 2.69. The van der Waals surface area contributed by atoms with E-state index in [4.69, 9.17) is 16.3 Å². The van der Waals surface area contributed by atoms with Gasteiger partial charge in [-0.05, 0) is 38.0 Å². The maximum absolute atomic E-state index is 13.0. The van der Waals surface area contributed by atoms with Gasteiger partial charge in [0.1, 0.15) is 12.4 Å². The Bertz CT molecular complexity index is 668. The number of carbonyl (C=O) groups is 3. The Morgan fingerprint density at radius 2 is 2.12 bits per heavy atom. The first-order chi connectivity index (χ1) is 11.9. The van der Waals surface area contributed by atoms with Crippen LogP contribution >= 0.6 is 11.6 Å². The summed E-state index contributed by atoms with van der Waals surface area (Å²) >= 11 is 5.84. The van der Waals surface area contributed by atoms with E-state index in [1.807, 2.05) is 0 Å². The second kappa shape index (κ2) is 8.80. The first kappa shape index (κ1) is 19.2. The molecule has 0 unspecified atom stereocenters. The van der Waals surface area contributed by atoms with Crippen molar-refractivity contribution in [2.45, 2.75) is 38.7 Å². The number of benzene rings is 1. The lowest BCUT2D eigenvalue weighted by atomic mass is 10.2. The molecule has 136 valence electrons. The van der Waals surface area contributed by atoms with Gasteiger partial charge in [0.15, 0.2) is 6.10 Å². The molecule has 0 aromatic heterocycles. The minimum atomic E-state index is -1.07. The van der Waals surface area contributed by atoms with Gasteiger partial charge >= 0.3 is 5.97 Å². The highest BCUT2D eigenvalue weighted by atomic mass is 35.5. The van der Waals surface area contributed by atoms with Crippen molar-refractivity contribution < 1.29 is 23.5 Å². The van der Waals surface area contributed by atoms with Crippen molar-refractivity contribution in [1.82, 2.24) is 4.90 Å². The summed E-state index contributed by atoms with van der Waals surface area (Å²) in [6.45, 7) is 1.75. The average molecular weight is 371 g/mol. The molecule has 0 saturated carbocycles. The Hall–Kier alpha value is -2.15. The summed E-state index contributed by atoms with van der Waals surface area (Å²) < 4.78 is 18.1. The molecule has 1 aromatic rings. The van der Waals surface area contributed by atoms with E-state index in [2.05, 4.69) is 5.32 Å². The number of hydrogen-bond acceptors (Lipinski definition) is 4. The van der Waals surface area contributed by atoms with Crippen LogP contribution in [0.4, 0.5) is 10.1 Å². The van der Waals surface area contributed by atoms with Gasteiger partial charge in [-0.25, -0.2) is 4.39 Å². The molecule has 0 bridgehead atoms. The molecule has 1 aliphatic rings. The Balaban J connectivity index is 1.87. The van der Waals surface area contributed by atoms with Gasteiger partial charge in [0.05, 0.1) is 10.7 Å². The van der Waals surface area contributed by atoms with Crippen LogP contribution in [0.2, 0.25) is 5.02 Å². The van der Waals surface area contributed by atoms with E-state index in [0.717, 1.165) is 31.4 Å². The van der Waals surface area contributed by atoms with Crippen LogP contribution in [0.25, 0.3) is 0 Å². The zero-order valence-electron chi connectivity index (χ0n) is 13.9. The molecule has 8 heteroatoms. The molecular formula is C17H20ClFN2O4. The van der Waals surface area contributed by atoms with Crippen LogP contribution in [0.15, 0.2) is 18.2 Å². The monoisotopic (exact) mass is 370 g/mol.